The van der Waals surface area contributed by atoms with Crippen molar-refractivity contribution < 1.29 is 0 Å². The molecular weight excluding hydrogens is 232 g/mol. The van der Waals surface area contributed by atoms with Crippen LogP contribution in [-0.4, -0.2) is 24.5 Å². The molecule has 19 heavy (non-hydrogen) atoms. The van der Waals surface area contributed by atoms with Crippen LogP contribution in [0.1, 0.15) is 57.4 Å². The highest BCUT2D eigenvalue weighted by atomic mass is 15.1. The standard InChI is InChI=1S/C17H30N2/c1-12-9-10-13(16(2,3)4)11-14(12)15(19(7)8)17(5,6)18/h9-11,15H,18H2,1-8H3. The topological polar surface area (TPSA) is 29.3 Å². The van der Waals surface area contributed by atoms with Crippen molar-refractivity contribution in [2.75, 3.05) is 14.1 Å². The number of nitrogens with zero attached hydrogens (tertiary/aromatic N) is 1. The molecule has 0 aliphatic carbocycles. The Morgan fingerprint density at radius 1 is 1.05 bits per heavy atom. The summed E-state index contributed by atoms with van der Waals surface area (Å²) >= 11 is 0. The lowest BCUT2D eigenvalue weighted by atomic mass is 9.81. The SMILES string of the molecule is Cc1ccc(C(C)(C)C)cc1C(N(C)C)C(C)(C)N. The first-order valence-electron chi connectivity index (χ1n) is 7.01. The Bertz CT molecular complexity index is 434. The van der Waals surface area contributed by atoms with Gasteiger partial charge in [-0.25, -0.2) is 0 Å². The number of benzene rings is 1. The molecule has 2 heteroatoms. The van der Waals surface area contributed by atoms with Gasteiger partial charge in [0.15, 0.2) is 0 Å². The molecule has 0 heterocycles. The van der Waals surface area contributed by atoms with E-state index in [1.165, 1.54) is 16.7 Å². The Labute approximate surface area is 119 Å². The summed E-state index contributed by atoms with van der Waals surface area (Å²) in [6.07, 6.45) is 0. The van der Waals surface area contributed by atoms with Crippen molar-refractivity contribution in [1.82, 2.24) is 4.90 Å². The van der Waals surface area contributed by atoms with Gasteiger partial charge in [0.05, 0.1) is 6.04 Å². The van der Waals surface area contributed by atoms with Gasteiger partial charge in [-0.05, 0) is 57.0 Å². The molecule has 0 aromatic heterocycles. The van der Waals surface area contributed by atoms with Gasteiger partial charge in [0.2, 0.25) is 0 Å². The third-order valence-electron chi connectivity index (χ3n) is 3.66. The summed E-state index contributed by atoms with van der Waals surface area (Å²) in [6, 6.07) is 7.00. The van der Waals surface area contributed by atoms with E-state index in [0.29, 0.717) is 0 Å². The molecule has 0 bridgehead atoms. The molecule has 1 atom stereocenters. The Balaban J connectivity index is 3.39. The van der Waals surface area contributed by atoms with E-state index < -0.39 is 0 Å². The lowest BCUT2D eigenvalue weighted by molar-refractivity contribution is 0.204. The molecule has 0 aliphatic heterocycles. The van der Waals surface area contributed by atoms with E-state index in [-0.39, 0.29) is 17.0 Å². The number of aryl methyl sites for hydroxylation is 1. The summed E-state index contributed by atoms with van der Waals surface area (Å²) in [5.41, 5.74) is 10.3. The third kappa shape index (κ3) is 3.80. The predicted octanol–water partition coefficient (Wildman–Crippen LogP) is 3.63. The van der Waals surface area contributed by atoms with Crippen LogP contribution in [0.3, 0.4) is 0 Å². The first-order chi connectivity index (χ1) is 8.44. The Morgan fingerprint density at radius 3 is 1.95 bits per heavy atom. The van der Waals surface area contributed by atoms with Crippen LogP contribution in [0.5, 0.6) is 0 Å². The molecule has 0 radical (unpaired) electrons. The number of hydrogen-bond acceptors (Lipinski definition) is 2. The minimum absolute atomic E-state index is 0.165. The average molecular weight is 262 g/mol. The van der Waals surface area contributed by atoms with Gasteiger partial charge in [-0.3, -0.25) is 0 Å². The smallest absolute Gasteiger partial charge is 0.0520 e. The average Bonchev–Trinajstić information content (AvgIpc) is 2.16. The Morgan fingerprint density at radius 2 is 1.58 bits per heavy atom. The molecule has 1 unspecified atom stereocenters. The van der Waals surface area contributed by atoms with Crippen molar-refractivity contribution in [2.45, 2.75) is 58.5 Å². The quantitative estimate of drug-likeness (QED) is 0.901. The second-order valence-corrected chi connectivity index (χ2v) is 7.51. The molecule has 0 saturated heterocycles. The second kappa shape index (κ2) is 5.26. The van der Waals surface area contributed by atoms with Gasteiger partial charge >= 0.3 is 0 Å². The van der Waals surface area contributed by atoms with Crippen LogP contribution in [0.25, 0.3) is 0 Å². The van der Waals surface area contributed by atoms with Crippen LogP contribution in [0.2, 0.25) is 0 Å². The Kier molecular flexibility index (Phi) is 4.48. The number of hydrogen-bond donors (Lipinski definition) is 1. The van der Waals surface area contributed by atoms with E-state index in [1.807, 2.05) is 0 Å². The minimum atomic E-state index is -0.273. The molecule has 1 aromatic rings. The first kappa shape index (κ1) is 16.2. The van der Waals surface area contributed by atoms with Crippen molar-refractivity contribution in [2.24, 2.45) is 5.73 Å². The third-order valence-corrected chi connectivity index (χ3v) is 3.66. The van der Waals surface area contributed by atoms with Gasteiger partial charge in [0.1, 0.15) is 0 Å². The number of likely N-dealkylation sites (N-methyl/N-ethyl adjacent to an activating group) is 1. The van der Waals surface area contributed by atoms with E-state index in [4.69, 9.17) is 5.73 Å². The van der Waals surface area contributed by atoms with Crippen LogP contribution in [0, 0.1) is 6.92 Å². The molecule has 2 nitrogen and oxygen atoms in total. The lowest BCUT2D eigenvalue weighted by Crippen LogP contribution is -2.46. The number of rotatable bonds is 3. The van der Waals surface area contributed by atoms with Crippen LogP contribution in [0.4, 0.5) is 0 Å². The summed E-state index contributed by atoms with van der Waals surface area (Å²) in [5, 5.41) is 0. The highest BCUT2D eigenvalue weighted by molar-refractivity contribution is 5.38. The zero-order valence-electron chi connectivity index (χ0n) is 13.8. The van der Waals surface area contributed by atoms with Gasteiger partial charge in [0.25, 0.3) is 0 Å². The van der Waals surface area contributed by atoms with Crippen molar-refractivity contribution in [3.63, 3.8) is 0 Å². The summed E-state index contributed by atoms with van der Waals surface area (Å²) < 4.78 is 0. The predicted molar refractivity (Wildman–Crippen MR) is 84.6 cm³/mol. The van der Waals surface area contributed by atoms with Gasteiger partial charge in [-0.15, -0.1) is 0 Å². The highest BCUT2D eigenvalue weighted by Gasteiger charge is 2.30. The molecule has 0 amide bonds. The van der Waals surface area contributed by atoms with Crippen LogP contribution < -0.4 is 5.73 Å². The molecule has 108 valence electrons. The van der Waals surface area contributed by atoms with Crippen LogP contribution in [-0.2, 0) is 5.41 Å². The van der Waals surface area contributed by atoms with Crippen LogP contribution >= 0.6 is 0 Å². The molecule has 0 spiro atoms. The first-order valence-corrected chi connectivity index (χ1v) is 7.01. The van der Waals surface area contributed by atoms with Crippen molar-refractivity contribution >= 4 is 0 Å². The molecular formula is C17H30N2. The molecule has 2 N–H and O–H groups in total. The van der Waals surface area contributed by atoms with Crippen LogP contribution in [0.15, 0.2) is 18.2 Å². The summed E-state index contributed by atoms with van der Waals surface area (Å²) in [4.78, 5) is 2.22. The second-order valence-electron chi connectivity index (χ2n) is 7.51. The fourth-order valence-corrected chi connectivity index (χ4v) is 2.75. The summed E-state index contributed by atoms with van der Waals surface area (Å²) in [5.74, 6) is 0. The molecule has 1 rings (SSSR count). The zero-order chi connectivity index (χ0) is 15.0. The maximum Gasteiger partial charge on any atom is 0.0520 e. The molecule has 1 aromatic carbocycles. The fraction of sp³-hybridized carbons (Fsp3) is 0.647. The van der Waals surface area contributed by atoms with E-state index in [1.54, 1.807) is 0 Å². The normalized spacial score (nSPS) is 14.8. The molecule has 0 aliphatic rings. The lowest BCUT2D eigenvalue weighted by Gasteiger charge is -2.38. The fourth-order valence-electron chi connectivity index (χ4n) is 2.75. The van der Waals surface area contributed by atoms with Crippen molar-refractivity contribution in [3.05, 3.63) is 34.9 Å². The van der Waals surface area contributed by atoms with E-state index >= 15 is 0 Å². The van der Waals surface area contributed by atoms with E-state index in [0.717, 1.165) is 0 Å². The molecule has 0 fully saturated rings. The Hall–Kier alpha value is -0.860. The number of nitrogens with two attached hydrogens (primary N) is 1. The summed E-state index contributed by atoms with van der Waals surface area (Å²) in [6.45, 7) is 13.1. The maximum atomic E-state index is 6.40. The monoisotopic (exact) mass is 262 g/mol. The van der Waals surface area contributed by atoms with E-state index in [9.17, 15) is 0 Å². The molecule has 0 saturated carbocycles. The highest BCUT2D eigenvalue weighted by Crippen LogP contribution is 2.33. The zero-order valence-corrected chi connectivity index (χ0v) is 13.8. The van der Waals surface area contributed by atoms with Crippen molar-refractivity contribution in [1.29, 1.82) is 0 Å². The van der Waals surface area contributed by atoms with Crippen molar-refractivity contribution in [3.8, 4) is 0 Å². The van der Waals surface area contributed by atoms with E-state index in [2.05, 4.69) is 78.7 Å². The van der Waals surface area contributed by atoms with Gasteiger partial charge in [-0.2, -0.15) is 0 Å². The van der Waals surface area contributed by atoms with Gasteiger partial charge in [-0.1, -0.05) is 39.0 Å². The maximum absolute atomic E-state index is 6.40. The summed E-state index contributed by atoms with van der Waals surface area (Å²) in [7, 11) is 4.20. The largest absolute Gasteiger partial charge is 0.324 e. The van der Waals surface area contributed by atoms with Gasteiger partial charge in [0, 0.05) is 5.54 Å². The van der Waals surface area contributed by atoms with Gasteiger partial charge < -0.3 is 10.6 Å². The minimum Gasteiger partial charge on any atom is -0.324 e.